The summed E-state index contributed by atoms with van der Waals surface area (Å²) in [6, 6.07) is -0.102. The Morgan fingerprint density at radius 3 is 2.28 bits per heavy atom. The normalized spacial score (nSPS) is 12.3. The van der Waals surface area contributed by atoms with Crippen molar-refractivity contribution < 1.29 is 9.90 Å². The van der Waals surface area contributed by atoms with Crippen molar-refractivity contribution in [3.05, 3.63) is 0 Å². The molecule has 0 aromatic rings. The molecule has 4 heteroatoms. The van der Waals surface area contributed by atoms with E-state index in [0.717, 1.165) is 25.7 Å². The summed E-state index contributed by atoms with van der Waals surface area (Å²) in [7, 11) is 0. The second kappa shape index (κ2) is 7.62. The quantitative estimate of drug-likeness (QED) is 0.586. The third-order valence-electron chi connectivity index (χ3n) is 3.07. The number of aliphatic hydroxyl groups is 1. The van der Waals surface area contributed by atoms with Crippen molar-refractivity contribution in [1.82, 2.24) is 10.6 Å². The van der Waals surface area contributed by atoms with E-state index in [4.69, 9.17) is 5.11 Å². The van der Waals surface area contributed by atoms with Gasteiger partial charge in [0.25, 0.3) is 0 Å². The minimum Gasteiger partial charge on any atom is -0.396 e. The van der Waals surface area contributed by atoms with Gasteiger partial charge in [-0.2, -0.15) is 0 Å². The van der Waals surface area contributed by atoms with Gasteiger partial charge in [0, 0.05) is 18.7 Å². The number of hydrogen-bond acceptors (Lipinski definition) is 2. The Balaban J connectivity index is 3.78. The molecule has 0 aliphatic rings. The minimum atomic E-state index is -0.150. The van der Waals surface area contributed by atoms with Gasteiger partial charge in [-0.3, -0.25) is 0 Å². The maximum atomic E-state index is 11.7. The number of aliphatic hydroxyl groups excluding tert-OH is 1. The summed E-state index contributed by atoms with van der Waals surface area (Å²) in [5.74, 6) is 0. The molecule has 0 rings (SSSR count). The average Bonchev–Trinajstić information content (AvgIpc) is 2.23. The van der Waals surface area contributed by atoms with Gasteiger partial charge in [0.2, 0.25) is 0 Å². The topological polar surface area (TPSA) is 61.4 Å². The lowest BCUT2D eigenvalue weighted by Crippen LogP contribution is -2.48. The summed E-state index contributed by atoms with van der Waals surface area (Å²) in [6.07, 6.45) is 3.81. The van der Waals surface area contributed by atoms with Gasteiger partial charge < -0.3 is 15.7 Å². The first-order valence-electron chi connectivity index (χ1n) is 6.89. The molecule has 4 nitrogen and oxygen atoms in total. The molecular formula is C14H30N2O2. The second-order valence-corrected chi connectivity index (χ2v) is 6.44. The predicted octanol–water partition coefficient (Wildman–Crippen LogP) is 2.66. The molecule has 0 saturated heterocycles. The van der Waals surface area contributed by atoms with Crippen LogP contribution in [0.1, 0.15) is 60.3 Å². The summed E-state index contributed by atoms with van der Waals surface area (Å²) in [4.78, 5) is 11.7. The van der Waals surface area contributed by atoms with Gasteiger partial charge in [0.05, 0.1) is 0 Å². The maximum Gasteiger partial charge on any atom is 0.315 e. The Morgan fingerprint density at radius 2 is 1.78 bits per heavy atom. The van der Waals surface area contributed by atoms with E-state index < -0.39 is 0 Å². The molecule has 0 aliphatic carbocycles. The highest BCUT2D eigenvalue weighted by Crippen LogP contribution is 2.20. The van der Waals surface area contributed by atoms with Crippen molar-refractivity contribution in [2.75, 3.05) is 13.2 Å². The van der Waals surface area contributed by atoms with Gasteiger partial charge in [-0.15, -0.1) is 0 Å². The standard InChI is InChI=1S/C14H30N2O2/c1-6-8-14(4,5)16-12(18)15-10-7-9-13(2,3)11-17/h17H,6-11H2,1-5H3,(H2,15,16,18). The van der Waals surface area contributed by atoms with Gasteiger partial charge in [-0.25, -0.2) is 4.79 Å². The number of urea groups is 1. The molecule has 0 aromatic carbocycles. The van der Waals surface area contributed by atoms with Gasteiger partial charge in [-0.1, -0.05) is 27.2 Å². The maximum absolute atomic E-state index is 11.7. The highest BCUT2D eigenvalue weighted by molar-refractivity contribution is 5.74. The molecule has 0 spiro atoms. The van der Waals surface area contributed by atoms with Crippen LogP contribution in [0.25, 0.3) is 0 Å². The van der Waals surface area contributed by atoms with Gasteiger partial charge in [-0.05, 0) is 38.5 Å². The Labute approximate surface area is 112 Å². The van der Waals surface area contributed by atoms with Crippen molar-refractivity contribution >= 4 is 6.03 Å². The molecule has 108 valence electrons. The molecule has 18 heavy (non-hydrogen) atoms. The van der Waals surface area contributed by atoms with E-state index in [1.807, 2.05) is 27.7 Å². The molecule has 0 saturated carbocycles. The van der Waals surface area contributed by atoms with Gasteiger partial charge in [0.1, 0.15) is 0 Å². The highest BCUT2D eigenvalue weighted by Gasteiger charge is 2.19. The van der Waals surface area contributed by atoms with Gasteiger partial charge >= 0.3 is 6.03 Å². The SMILES string of the molecule is CCCC(C)(C)NC(=O)NCCCC(C)(C)CO. The van der Waals surface area contributed by atoms with Crippen LogP contribution in [0.15, 0.2) is 0 Å². The fourth-order valence-electron chi connectivity index (χ4n) is 1.89. The predicted molar refractivity (Wildman–Crippen MR) is 75.6 cm³/mol. The Hall–Kier alpha value is -0.770. The smallest absolute Gasteiger partial charge is 0.315 e. The van der Waals surface area contributed by atoms with E-state index in [1.165, 1.54) is 0 Å². The van der Waals surface area contributed by atoms with Crippen molar-refractivity contribution in [2.45, 2.75) is 65.8 Å². The Kier molecular flexibility index (Phi) is 7.29. The lowest BCUT2D eigenvalue weighted by atomic mass is 9.89. The fourth-order valence-corrected chi connectivity index (χ4v) is 1.89. The van der Waals surface area contributed by atoms with Crippen LogP contribution in [0.5, 0.6) is 0 Å². The van der Waals surface area contributed by atoms with E-state index in [1.54, 1.807) is 0 Å². The third-order valence-corrected chi connectivity index (χ3v) is 3.07. The van der Waals surface area contributed by atoms with E-state index in [2.05, 4.69) is 17.6 Å². The first-order chi connectivity index (χ1) is 8.22. The lowest BCUT2D eigenvalue weighted by molar-refractivity contribution is 0.148. The number of carbonyl (C=O) groups is 1. The van der Waals surface area contributed by atoms with Crippen molar-refractivity contribution in [2.24, 2.45) is 5.41 Å². The van der Waals surface area contributed by atoms with Crippen LogP contribution >= 0.6 is 0 Å². The monoisotopic (exact) mass is 258 g/mol. The van der Waals surface area contributed by atoms with Crippen LogP contribution < -0.4 is 10.6 Å². The van der Waals surface area contributed by atoms with E-state index >= 15 is 0 Å². The van der Waals surface area contributed by atoms with E-state index in [9.17, 15) is 4.79 Å². The van der Waals surface area contributed by atoms with Crippen LogP contribution in [-0.2, 0) is 0 Å². The highest BCUT2D eigenvalue weighted by atomic mass is 16.3. The molecule has 0 aromatic heterocycles. The summed E-state index contributed by atoms with van der Waals surface area (Å²) >= 11 is 0. The van der Waals surface area contributed by atoms with Crippen LogP contribution in [0.3, 0.4) is 0 Å². The summed E-state index contributed by atoms with van der Waals surface area (Å²) < 4.78 is 0. The number of carbonyl (C=O) groups excluding carboxylic acids is 1. The minimum absolute atomic E-state index is 0.0559. The lowest BCUT2D eigenvalue weighted by Gasteiger charge is -2.26. The molecule has 0 radical (unpaired) electrons. The van der Waals surface area contributed by atoms with Gasteiger partial charge in [0.15, 0.2) is 0 Å². The number of amides is 2. The molecular weight excluding hydrogens is 228 g/mol. The molecule has 3 N–H and O–H groups in total. The summed E-state index contributed by atoms with van der Waals surface area (Å²) in [6.45, 7) is 11.1. The average molecular weight is 258 g/mol. The first kappa shape index (κ1) is 17.2. The number of nitrogens with one attached hydrogen (secondary N) is 2. The molecule has 0 aliphatic heterocycles. The first-order valence-corrected chi connectivity index (χ1v) is 6.89. The molecule has 0 bridgehead atoms. The second-order valence-electron chi connectivity index (χ2n) is 6.44. The molecule has 0 unspecified atom stereocenters. The summed E-state index contributed by atoms with van der Waals surface area (Å²) in [5, 5.41) is 14.9. The van der Waals surface area contributed by atoms with Crippen LogP contribution in [-0.4, -0.2) is 29.8 Å². The molecule has 0 fully saturated rings. The zero-order valence-electron chi connectivity index (χ0n) is 12.6. The van der Waals surface area contributed by atoms with Crippen LogP contribution in [0.2, 0.25) is 0 Å². The Morgan fingerprint density at radius 1 is 1.17 bits per heavy atom. The van der Waals surface area contributed by atoms with E-state index in [0.29, 0.717) is 6.54 Å². The van der Waals surface area contributed by atoms with Crippen LogP contribution in [0, 0.1) is 5.41 Å². The summed E-state index contributed by atoms with van der Waals surface area (Å²) in [5.41, 5.74) is -0.206. The number of rotatable bonds is 8. The van der Waals surface area contributed by atoms with E-state index in [-0.39, 0.29) is 23.6 Å². The third kappa shape index (κ3) is 8.34. The van der Waals surface area contributed by atoms with Crippen LogP contribution in [0.4, 0.5) is 4.79 Å². The fraction of sp³-hybridized carbons (Fsp3) is 0.929. The largest absolute Gasteiger partial charge is 0.396 e. The zero-order chi connectivity index (χ0) is 14.2. The van der Waals surface area contributed by atoms with Crippen molar-refractivity contribution in [3.63, 3.8) is 0 Å². The van der Waals surface area contributed by atoms with Crippen molar-refractivity contribution in [1.29, 1.82) is 0 Å². The van der Waals surface area contributed by atoms with Crippen molar-refractivity contribution in [3.8, 4) is 0 Å². The molecule has 2 amide bonds. The number of hydrogen-bond donors (Lipinski definition) is 3. The molecule has 0 atom stereocenters. The zero-order valence-corrected chi connectivity index (χ0v) is 12.6. The Bertz CT molecular complexity index is 250. The molecule has 0 heterocycles.